The average Bonchev–Trinajstić information content (AvgIpc) is 3.26. The molecule has 1 aromatic carbocycles. The van der Waals surface area contributed by atoms with Gasteiger partial charge in [-0.05, 0) is 49.5 Å². The lowest BCUT2D eigenvalue weighted by Gasteiger charge is -2.28. The quantitative estimate of drug-likeness (QED) is 0.0333. The first-order valence-corrected chi connectivity index (χ1v) is 22.8. The summed E-state index contributed by atoms with van der Waals surface area (Å²) in [5.41, 5.74) is 11.6. The first-order chi connectivity index (χ1) is 33.0. The van der Waals surface area contributed by atoms with Crippen LogP contribution in [0.1, 0.15) is 92.6 Å². The van der Waals surface area contributed by atoms with Crippen LogP contribution < -0.4 is 54.0 Å². The maximum atomic E-state index is 14.1. The summed E-state index contributed by atoms with van der Waals surface area (Å²) in [7, 11) is 0. The Bertz CT molecular complexity index is 2050. The Morgan fingerprint density at radius 1 is 0.535 bits per heavy atom. The van der Waals surface area contributed by atoms with Crippen molar-refractivity contribution in [3.63, 3.8) is 0 Å². The van der Waals surface area contributed by atoms with Gasteiger partial charge in [-0.15, -0.1) is 0 Å². The Kier molecular flexibility index (Phi) is 26.5. The van der Waals surface area contributed by atoms with Crippen molar-refractivity contribution in [1.29, 1.82) is 0 Å². The number of hydrogen-bond acceptors (Lipinski definition) is 14. The third-order valence-corrected chi connectivity index (χ3v) is 10.4. The van der Waals surface area contributed by atoms with E-state index in [0.29, 0.717) is 5.56 Å². The molecular formula is C45H70N10O16. The number of carbonyl (C=O) groups is 12. The van der Waals surface area contributed by atoms with Crippen molar-refractivity contribution in [2.75, 3.05) is 6.54 Å². The molecule has 0 saturated carbocycles. The van der Waals surface area contributed by atoms with E-state index in [-0.39, 0.29) is 37.0 Å². The number of nitrogens with one attached hydrogen (secondary N) is 8. The fourth-order valence-corrected chi connectivity index (χ4v) is 6.63. The van der Waals surface area contributed by atoms with Gasteiger partial charge in [0.15, 0.2) is 0 Å². The molecule has 396 valence electrons. The summed E-state index contributed by atoms with van der Waals surface area (Å²) in [6.45, 7) is 10.7. The summed E-state index contributed by atoms with van der Waals surface area (Å²) >= 11 is 0. The van der Waals surface area contributed by atoms with E-state index < -0.39 is 158 Å². The fraction of sp³-hybridized carbons (Fsp3) is 0.600. The highest BCUT2D eigenvalue weighted by Crippen LogP contribution is 2.11. The van der Waals surface area contributed by atoms with Crippen molar-refractivity contribution in [2.24, 2.45) is 29.2 Å². The Morgan fingerprint density at radius 2 is 1.00 bits per heavy atom. The van der Waals surface area contributed by atoms with Crippen LogP contribution in [-0.4, -0.2) is 152 Å². The first-order valence-electron chi connectivity index (χ1n) is 22.8. The molecule has 16 N–H and O–H groups in total. The van der Waals surface area contributed by atoms with Gasteiger partial charge in [0, 0.05) is 12.8 Å². The van der Waals surface area contributed by atoms with E-state index in [1.807, 2.05) is 0 Å². The van der Waals surface area contributed by atoms with Crippen LogP contribution in [0.15, 0.2) is 30.3 Å². The highest BCUT2D eigenvalue weighted by Gasteiger charge is 2.37. The molecule has 0 fully saturated rings. The number of rotatable bonds is 32. The minimum atomic E-state index is -2.10. The minimum absolute atomic E-state index is 0.0493. The van der Waals surface area contributed by atoms with Gasteiger partial charge in [0.1, 0.15) is 42.3 Å². The molecule has 26 nitrogen and oxygen atoms in total. The molecule has 0 aromatic heterocycles. The van der Waals surface area contributed by atoms with E-state index >= 15 is 0 Å². The van der Waals surface area contributed by atoms with Crippen molar-refractivity contribution in [2.45, 2.75) is 148 Å². The highest BCUT2D eigenvalue weighted by atomic mass is 16.4. The lowest BCUT2D eigenvalue weighted by molar-refractivity contribution is -0.143. The monoisotopic (exact) mass is 1010 g/mol. The molecule has 0 aliphatic rings. The second-order valence-corrected chi connectivity index (χ2v) is 18.1. The van der Waals surface area contributed by atoms with E-state index in [1.165, 1.54) is 0 Å². The van der Waals surface area contributed by atoms with Crippen molar-refractivity contribution in [3.05, 3.63) is 35.9 Å². The fourth-order valence-electron chi connectivity index (χ4n) is 6.63. The summed E-state index contributed by atoms with van der Waals surface area (Å²) in [6.07, 6.45) is -5.49. The van der Waals surface area contributed by atoms with Crippen LogP contribution in [0.3, 0.4) is 0 Å². The zero-order valence-electron chi connectivity index (χ0n) is 40.8. The molecule has 0 unspecified atom stereocenters. The van der Waals surface area contributed by atoms with E-state index in [2.05, 4.69) is 42.5 Å². The van der Waals surface area contributed by atoms with Crippen LogP contribution in [0, 0.1) is 17.8 Å². The van der Waals surface area contributed by atoms with Gasteiger partial charge in [-0.25, -0.2) is 4.79 Å². The smallest absolute Gasteiger partial charge is 0.326 e. The summed E-state index contributed by atoms with van der Waals surface area (Å²) in [5.74, 6) is -14.8. The van der Waals surface area contributed by atoms with Gasteiger partial charge < -0.3 is 74.4 Å². The Balaban J connectivity index is 3.50. The number of hydrogen-bond donors (Lipinski definition) is 14. The van der Waals surface area contributed by atoms with Crippen LogP contribution in [-0.2, 0) is 64.0 Å². The lowest BCUT2D eigenvalue weighted by atomic mass is 10.0. The topological polar surface area (TPSA) is 434 Å². The number of aliphatic carboxylic acids is 3. The van der Waals surface area contributed by atoms with Crippen LogP contribution in [0.2, 0.25) is 0 Å². The van der Waals surface area contributed by atoms with Crippen molar-refractivity contribution in [1.82, 2.24) is 42.5 Å². The summed E-state index contributed by atoms with van der Waals surface area (Å²) in [5, 5.41) is 57.7. The maximum absolute atomic E-state index is 14.1. The average molecular weight is 1010 g/mol. The number of aliphatic hydroxyl groups is 1. The standard InChI is InChI=1S/C45H70N10O16/c1-21(2)15-27(49-33(58)20-48-43(68)36(47)23(5)6)39(64)51-28(17-25-11-9-8-10-12-25)40(65)50-26(13-14-34(59)60)38(63)52-30(19-35(61)62)42(67)55-37(24(7)56)44(69)53-29(18-32(46)57)41(66)54-31(45(70)71)16-22(3)4/h8-12,21-24,26-31,36-37,56H,13-20,47H2,1-7H3,(H2,46,57)(H,48,68)(H,49,58)(H,50,65)(H,51,64)(H,52,63)(H,53,69)(H,54,66)(H,55,67)(H,59,60)(H,61,62)(H,70,71)/t24-,26+,27+,28+,29+,30+,31+,36+,37+/m1/s1. The molecule has 1 rings (SSSR count). The van der Waals surface area contributed by atoms with Gasteiger partial charge in [0.25, 0.3) is 0 Å². The first kappa shape index (κ1) is 61.8. The molecule has 0 heterocycles. The van der Waals surface area contributed by atoms with E-state index in [1.54, 1.807) is 71.9 Å². The molecule has 1 aromatic rings. The molecule has 0 bridgehead atoms. The predicted octanol–water partition coefficient (Wildman–Crippen LogP) is -3.51. The van der Waals surface area contributed by atoms with Gasteiger partial charge in [0.05, 0.1) is 31.5 Å². The van der Waals surface area contributed by atoms with Gasteiger partial charge in [0.2, 0.25) is 53.2 Å². The van der Waals surface area contributed by atoms with E-state index in [0.717, 1.165) is 6.92 Å². The number of carboxylic acids is 3. The molecule has 0 saturated heterocycles. The molecule has 9 amide bonds. The van der Waals surface area contributed by atoms with Crippen molar-refractivity contribution in [3.8, 4) is 0 Å². The lowest BCUT2D eigenvalue weighted by Crippen LogP contribution is -2.62. The summed E-state index contributed by atoms with van der Waals surface area (Å²) < 4.78 is 0. The molecular weight excluding hydrogens is 937 g/mol. The molecule has 26 heteroatoms. The van der Waals surface area contributed by atoms with Gasteiger partial charge in [-0.3, -0.25) is 52.7 Å². The number of carbonyl (C=O) groups excluding carboxylic acids is 9. The van der Waals surface area contributed by atoms with E-state index in [4.69, 9.17) is 11.5 Å². The van der Waals surface area contributed by atoms with E-state index in [9.17, 15) is 78.0 Å². The van der Waals surface area contributed by atoms with Gasteiger partial charge in [-0.2, -0.15) is 0 Å². The molecule has 0 radical (unpaired) electrons. The number of nitrogens with two attached hydrogens (primary N) is 2. The molecule has 71 heavy (non-hydrogen) atoms. The highest BCUT2D eigenvalue weighted by molar-refractivity contribution is 5.99. The van der Waals surface area contributed by atoms with Crippen LogP contribution in [0.4, 0.5) is 0 Å². The zero-order valence-corrected chi connectivity index (χ0v) is 40.8. The normalized spacial score (nSPS) is 14.9. The minimum Gasteiger partial charge on any atom is -0.481 e. The third-order valence-electron chi connectivity index (χ3n) is 10.4. The number of benzene rings is 1. The van der Waals surface area contributed by atoms with Crippen molar-refractivity contribution < 1.29 is 78.0 Å². The third kappa shape index (κ3) is 23.8. The molecule has 0 spiro atoms. The number of primary amides is 1. The van der Waals surface area contributed by atoms with Crippen molar-refractivity contribution >= 4 is 71.1 Å². The van der Waals surface area contributed by atoms with Gasteiger partial charge in [-0.1, -0.05) is 71.9 Å². The summed E-state index contributed by atoms with van der Waals surface area (Å²) in [4.78, 5) is 155. The molecule has 0 aliphatic carbocycles. The Labute approximate surface area is 410 Å². The second kappa shape index (κ2) is 30.4. The number of carboxylic acid groups (broad SMARTS) is 3. The predicted molar refractivity (Wildman–Crippen MR) is 251 cm³/mol. The molecule has 9 atom stereocenters. The van der Waals surface area contributed by atoms with Crippen LogP contribution in [0.25, 0.3) is 0 Å². The zero-order chi connectivity index (χ0) is 54.3. The maximum Gasteiger partial charge on any atom is 0.326 e. The second-order valence-electron chi connectivity index (χ2n) is 18.1. The number of amides is 9. The SMILES string of the molecule is CC(C)C[C@H](NC(=O)[C@H](CC(N)=O)NC(=O)[C@@H](NC(=O)[C@H](CC(=O)O)NC(=O)[C@H](CCC(=O)O)NC(=O)[C@H](Cc1ccccc1)NC(=O)[C@H](CC(C)C)NC(=O)CNC(=O)[C@@H](N)C(C)C)[C@@H](C)O)C(=O)O. The molecule has 0 aliphatic heterocycles. The Hall–Kier alpha value is -7.22. The van der Waals surface area contributed by atoms with Crippen LogP contribution >= 0.6 is 0 Å². The van der Waals surface area contributed by atoms with Crippen LogP contribution in [0.5, 0.6) is 0 Å². The largest absolute Gasteiger partial charge is 0.481 e. The Morgan fingerprint density at radius 3 is 1.51 bits per heavy atom. The van der Waals surface area contributed by atoms with Gasteiger partial charge >= 0.3 is 17.9 Å². The number of aliphatic hydroxyl groups excluding tert-OH is 1. The summed E-state index contributed by atoms with van der Waals surface area (Å²) in [6, 6.07) is -4.75.